The number of carbonyl (C=O) groups is 3. The molecule has 0 fully saturated rings. The van der Waals surface area contributed by atoms with Crippen LogP contribution in [0.3, 0.4) is 0 Å². The van der Waals surface area contributed by atoms with Gasteiger partial charge in [0.05, 0.1) is 7.11 Å². The molecule has 0 bridgehead atoms. The second-order valence-corrected chi connectivity index (χ2v) is 9.31. The summed E-state index contributed by atoms with van der Waals surface area (Å²) in [7, 11) is 1.58. The first-order valence-electron chi connectivity index (χ1n) is 12.7. The van der Waals surface area contributed by atoms with E-state index in [-0.39, 0.29) is 17.3 Å². The smallest absolute Gasteiger partial charge is 0.193 e. The lowest BCUT2D eigenvalue weighted by Crippen LogP contribution is -2.04. The molecule has 0 aliphatic rings. The average molecular weight is 527 g/mol. The highest BCUT2D eigenvalue weighted by molar-refractivity contribution is 6.12. The van der Waals surface area contributed by atoms with E-state index in [0.717, 1.165) is 5.56 Å². The van der Waals surface area contributed by atoms with Crippen LogP contribution in [-0.4, -0.2) is 24.5 Å². The predicted molar refractivity (Wildman–Crippen MR) is 154 cm³/mol. The quantitative estimate of drug-likeness (QED) is 0.186. The van der Waals surface area contributed by atoms with Crippen LogP contribution in [-0.2, 0) is 0 Å². The molecule has 0 N–H and O–H groups in total. The summed E-state index contributed by atoms with van der Waals surface area (Å²) in [6.45, 7) is 1.97. The summed E-state index contributed by atoms with van der Waals surface area (Å²) in [6.07, 6.45) is 0. The van der Waals surface area contributed by atoms with Gasteiger partial charge >= 0.3 is 0 Å². The molecule has 5 aromatic carbocycles. The van der Waals surface area contributed by atoms with E-state index in [4.69, 9.17) is 9.47 Å². The van der Waals surface area contributed by atoms with Crippen LogP contribution in [0.15, 0.2) is 121 Å². The molecular weight excluding hydrogens is 500 g/mol. The summed E-state index contributed by atoms with van der Waals surface area (Å²) in [4.78, 5) is 38.4. The van der Waals surface area contributed by atoms with Gasteiger partial charge in [-0.25, -0.2) is 0 Å². The maximum absolute atomic E-state index is 13.0. The predicted octanol–water partition coefficient (Wildman–Crippen LogP) is 7.49. The molecule has 0 radical (unpaired) electrons. The van der Waals surface area contributed by atoms with E-state index in [1.54, 1.807) is 116 Å². The lowest BCUT2D eigenvalue weighted by atomic mass is 9.98. The van der Waals surface area contributed by atoms with Crippen molar-refractivity contribution in [3.63, 3.8) is 0 Å². The number of benzene rings is 5. The molecule has 5 heteroatoms. The largest absolute Gasteiger partial charge is 0.497 e. The molecule has 0 atom stereocenters. The van der Waals surface area contributed by atoms with E-state index in [0.29, 0.717) is 50.6 Å². The van der Waals surface area contributed by atoms with Crippen molar-refractivity contribution in [1.29, 1.82) is 0 Å². The molecule has 0 saturated carbocycles. The van der Waals surface area contributed by atoms with E-state index in [2.05, 4.69) is 0 Å². The minimum absolute atomic E-state index is 0.0846. The number of ether oxygens (including phenoxy) is 2. The molecule has 0 aliphatic heterocycles. The molecule has 0 aromatic heterocycles. The second kappa shape index (κ2) is 11.6. The van der Waals surface area contributed by atoms with Crippen LogP contribution in [0.2, 0.25) is 0 Å². The number of carbonyl (C=O) groups excluding carboxylic acids is 3. The van der Waals surface area contributed by atoms with Gasteiger partial charge in [0.2, 0.25) is 0 Å². The maximum atomic E-state index is 13.0. The Morgan fingerprint density at radius 1 is 0.400 bits per heavy atom. The van der Waals surface area contributed by atoms with Crippen LogP contribution < -0.4 is 9.47 Å². The van der Waals surface area contributed by atoms with Crippen LogP contribution in [0.1, 0.15) is 53.3 Å². The molecular formula is C35H26O5. The molecule has 0 heterocycles. The fraction of sp³-hybridized carbons (Fsp3) is 0.0571. The summed E-state index contributed by atoms with van der Waals surface area (Å²) in [5.74, 6) is 1.49. The number of methoxy groups -OCH3 is 1. The summed E-state index contributed by atoms with van der Waals surface area (Å²) in [6, 6.07) is 34.8. The Kier molecular flexibility index (Phi) is 7.65. The van der Waals surface area contributed by atoms with E-state index in [1.165, 1.54) is 0 Å². The Morgan fingerprint density at radius 3 is 0.950 bits per heavy atom. The number of rotatable bonds is 9. The zero-order chi connectivity index (χ0) is 28.1. The lowest BCUT2D eigenvalue weighted by Gasteiger charge is -2.08. The summed E-state index contributed by atoms with van der Waals surface area (Å²) < 4.78 is 11.0. The molecule has 0 amide bonds. The molecule has 5 aromatic rings. The van der Waals surface area contributed by atoms with Gasteiger partial charge in [-0.1, -0.05) is 54.1 Å². The van der Waals surface area contributed by atoms with Gasteiger partial charge in [0.1, 0.15) is 17.2 Å². The molecule has 196 valence electrons. The van der Waals surface area contributed by atoms with Gasteiger partial charge < -0.3 is 9.47 Å². The molecule has 0 spiro atoms. The minimum Gasteiger partial charge on any atom is -0.497 e. The summed E-state index contributed by atoms with van der Waals surface area (Å²) >= 11 is 0. The summed E-state index contributed by atoms with van der Waals surface area (Å²) in [5, 5.41) is 0. The van der Waals surface area contributed by atoms with Gasteiger partial charge in [0, 0.05) is 33.4 Å². The van der Waals surface area contributed by atoms with Crippen LogP contribution in [0.25, 0.3) is 0 Å². The molecule has 5 rings (SSSR count). The van der Waals surface area contributed by atoms with Crippen LogP contribution >= 0.6 is 0 Å². The first-order chi connectivity index (χ1) is 19.4. The highest BCUT2D eigenvalue weighted by Gasteiger charge is 2.13. The molecule has 0 unspecified atom stereocenters. The number of hydrogen-bond donors (Lipinski definition) is 0. The van der Waals surface area contributed by atoms with Gasteiger partial charge in [0.15, 0.2) is 17.3 Å². The highest BCUT2D eigenvalue weighted by Crippen LogP contribution is 2.24. The third-order valence-corrected chi connectivity index (χ3v) is 6.54. The normalized spacial score (nSPS) is 10.6. The summed E-state index contributed by atoms with van der Waals surface area (Å²) in [5.41, 5.74) is 4.34. The fourth-order valence-corrected chi connectivity index (χ4v) is 4.21. The van der Waals surface area contributed by atoms with Gasteiger partial charge in [-0.2, -0.15) is 0 Å². The van der Waals surface area contributed by atoms with Crippen LogP contribution in [0.4, 0.5) is 0 Å². The Morgan fingerprint density at radius 2 is 0.650 bits per heavy atom. The zero-order valence-corrected chi connectivity index (χ0v) is 22.1. The van der Waals surface area contributed by atoms with E-state index >= 15 is 0 Å². The molecule has 40 heavy (non-hydrogen) atoms. The average Bonchev–Trinajstić information content (AvgIpc) is 3.01. The third-order valence-electron chi connectivity index (χ3n) is 6.54. The monoisotopic (exact) mass is 526 g/mol. The van der Waals surface area contributed by atoms with Crippen molar-refractivity contribution in [2.24, 2.45) is 0 Å². The van der Waals surface area contributed by atoms with Gasteiger partial charge in [0.25, 0.3) is 0 Å². The molecule has 0 aliphatic carbocycles. The number of ketones is 3. The van der Waals surface area contributed by atoms with Gasteiger partial charge in [-0.3, -0.25) is 14.4 Å². The van der Waals surface area contributed by atoms with Crippen molar-refractivity contribution in [3.05, 3.63) is 160 Å². The third kappa shape index (κ3) is 5.89. The van der Waals surface area contributed by atoms with Crippen molar-refractivity contribution in [1.82, 2.24) is 0 Å². The van der Waals surface area contributed by atoms with E-state index < -0.39 is 0 Å². The van der Waals surface area contributed by atoms with Gasteiger partial charge in [-0.05, 0) is 79.7 Å². The van der Waals surface area contributed by atoms with E-state index in [1.807, 2.05) is 19.1 Å². The Bertz CT molecular complexity index is 1650. The van der Waals surface area contributed by atoms with Gasteiger partial charge in [-0.15, -0.1) is 0 Å². The molecule has 0 saturated heterocycles. The van der Waals surface area contributed by atoms with Crippen molar-refractivity contribution in [3.8, 4) is 17.2 Å². The minimum atomic E-state index is -0.151. The van der Waals surface area contributed by atoms with Crippen molar-refractivity contribution in [2.75, 3.05) is 7.11 Å². The Labute approximate surface area is 232 Å². The lowest BCUT2D eigenvalue weighted by molar-refractivity contribution is 0.102. The fourth-order valence-electron chi connectivity index (χ4n) is 4.21. The SMILES string of the molecule is COc1ccc(C(=O)c2ccc(Oc3ccc(C(=O)c4ccc(C(=O)c5ccc(C)cc5)cc4)cc3)cc2)cc1. The van der Waals surface area contributed by atoms with Crippen molar-refractivity contribution < 1.29 is 23.9 Å². The topological polar surface area (TPSA) is 69.7 Å². The zero-order valence-electron chi connectivity index (χ0n) is 22.1. The van der Waals surface area contributed by atoms with Crippen LogP contribution in [0, 0.1) is 6.92 Å². The first kappa shape index (κ1) is 26.3. The second-order valence-electron chi connectivity index (χ2n) is 9.31. The molecule has 5 nitrogen and oxygen atoms in total. The highest BCUT2D eigenvalue weighted by atomic mass is 16.5. The van der Waals surface area contributed by atoms with Crippen LogP contribution in [0.5, 0.6) is 17.2 Å². The Balaban J connectivity index is 1.21. The number of aryl methyl sites for hydroxylation is 1. The van der Waals surface area contributed by atoms with Crippen molar-refractivity contribution in [2.45, 2.75) is 6.92 Å². The van der Waals surface area contributed by atoms with Crippen molar-refractivity contribution >= 4 is 17.3 Å². The Hall–Kier alpha value is -5.29. The standard InChI is InChI=1S/C35H26O5/c1-23-3-5-24(6-4-23)33(36)25-7-9-26(10-8-25)34(37)28-13-19-31(20-14-28)40-32-21-15-29(16-22-32)35(38)27-11-17-30(39-2)18-12-27/h3-22H,1-2H3. The first-order valence-corrected chi connectivity index (χ1v) is 12.7. The number of hydrogen-bond acceptors (Lipinski definition) is 5. The maximum Gasteiger partial charge on any atom is 0.193 e. The van der Waals surface area contributed by atoms with E-state index in [9.17, 15) is 14.4 Å².